The molecule has 2 amide bonds. The maximum Gasteiger partial charge on any atom is 0.437 e. The van der Waals surface area contributed by atoms with Crippen LogP contribution in [0.2, 0.25) is 10.0 Å². The van der Waals surface area contributed by atoms with Gasteiger partial charge in [-0.2, -0.15) is 46.4 Å². The summed E-state index contributed by atoms with van der Waals surface area (Å²) in [6, 6.07) is 6.58. The van der Waals surface area contributed by atoms with E-state index in [0.717, 1.165) is 10.7 Å². The Morgan fingerprint density at radius 2 is 1.64 bits per heavy atom. The first-order valence-electron chi connectivity index (χ1n) is 12.7. The summed E-state index contributed by atoms with van der Waals surface area (Å²) >= 11 is 12.4. The van der Waals surface area contributed by atoms with Crippen LogP contribution in [0, 0.1) is 6.92 Å². The number of pyridine rings is 1. The molecule has 4 aromatic rings. The summed E-state index contributed by atoms with van der Waals surface area (Å²) < 4.78 is 94.5. The number of nitrogens with one attached hydrogen (secondary N) is 2. The van der Waals surface area contributed by atoms with E-state index < -0.39 is 42.1 Å². The Morgan fingerprint density at radius 3 is 2.24 bits per heavy atom. The highest BCUT2D eigenvalue weighted by molar-refractivity contribution is 6.32. The first-order valence-corrected chi connectivity index (χ1v) is 13.4. The van der Waals surface area contributed by atoms with Crippen molar-refractivity contribution < 1.29 is 40.3 Å². The number of hydrogen-bond donors (Lipinski definition) is 2. The molecule has 240 valence electrons. The summed E-state index contributed by atoms with van der Waals surface area (Å²) in [5.41, 5.74) is -7.75. The fourth-order valence-electron chi connectivity index (χ4n) is 4.10. The van der Waals surface area contributed by atoms with Crippen molar-refractivity contribution in [2.24, 2.45) is 0 Å². The number of benzene rings is 1. The zero-order valence-electron chi connectivity index (χ0n) is 23.2. The minimum absolute atomic E-state index is 0.00570. The molecule has 0 aliphatic rings. The van der Waals surface area contributed by atoms with Gasteiger partial charge in [-0.3, -0.25) is 9.59 Å². The number of carbonyl (C=O) groups excluding carboxylic acids is 2. The molecule has 0 bridgehead atoms. The van der Waals surface area contributed by atoms with Gasteiger partial charge in [0.05, 0.1) is 28.2 Å². The number of aromatic nitrogens is 6. The highest BCUT2D eigenvalue weighted by Crippen LogP contribution is 2.52. The van der Waals surface area contributed by atoms with Gasteiger partial charge in [0.2, 0.25) is 0 Å². The number of anilines is 1. The van der Waals surface area contributed by atoms with Crippen LogP contribution >= 0.6 is 23.2 Å². The topological polar surface area (TPSA) is 120 Å². The predicted molar refractivity (Wildman–Crippen MR) is 147 cm³/mol. The Balaban J connectivity index is 1.75. The quantitative estimate of drug-likeness (QED) is 0.214. The Bertz CT molecular complexity index is 1740. The zero-order chi connectivity index (χ0) is 33.5. The van der Waals surface area contributed by atoms with Crippen molar-refractivity contribution in [2.45, 2.75) is 51.4 Å². The summed E-state index contributed by atoms with van der Waals surface area (Å²) in [7, 11) is 0. The molecular weight excluding hydrogens is 660 g/mol. The summed E-state index contributed by atoms with van der Waals surface area (Å²) in [5.74, 6) is -1.49. The van der Waals surface area contributed by atoms with Gasteiger partial charge in [0.15, 0.2) is 5.82 Å². The van der Waals surface area contributed by atoms with Crippen molar-refractivity contribution in [1.29, 1.82) is 0 Å². The maximum absolute atomic E-state index is 14.5. The Kier molecular flexibility index (Phi) is 9.17. The number of amides is 2. The van der Waals surface area contributed by atoms with Crippen molar-refractivity contribution in [2.75, 3.05) is 5.32 Å². The second-order valence-electron chi connectivity index (χ2n) is 9.88. The molecule has 1 aromatic carbocycles. The van der Waals surface area contributed by atoms with E-state index in [1.165, 1.54) is 30.5 Å². The number of hydrogen-bond acceptors (Lipinski definition) is 6. The molecule has 2 N–H and O–H groups in total. The monoisotopic (exact) mass is 680 g/mol. The van der Waals surface area contributed by atoms with E-state index >= 15 is 0 Å². The van der Waals surface area contributed by atoms with Crippen LogP contribution in [0.25, 0.3) is 5.82 Å². The molecular formula is C26H21Cl2F7N8O2. The lowest BCUT2D eigenvalue weighted by Gasteiger charge is -2.27. The summed E-state index contributed by atoms with van der Waals surface area (Å²) in [6.45, 7) is 4.33. The van der Waals surface area contributed by atoms with Crippen LogP contribution in [-0.4, -0.2) is 60.0 Å². The molecule has 10 nitrogen and oxygen atoms in total. The maximum atomic E-state index is 14.5. The second-order valence-corrected chi connectivity index (χ2v) is 10.7. The molecule has 19 heteroatoms. The fraction of sp³-hybridized carbons (Fsp3) is 0.308. The average Bonchev–Trinajstić information content (AvgIpc) is 3.55. The predicted octanol–water partition coefficient (Wildman–Crippen LogP) is 6.20. The van der Waals surface area contributed by atoms with Crippen molar-refractivity contribution in [3.63, 3.8) is 0 Å². The van der Waals surface area contributed by atoms with Gasteiger partial charge in [-0.1, -0.05) is 23.2 Å². The lowest BCUT2D eigenvalue weighted by molar-refractivity contribution is -0.350. The lowest BCUT2D eigenvalue weighted by atomic mass is 10.0. The van der Waals surface area contributed by atoms with Crippen LogP contribution < -0.4 is 10.6 Å². The van der Waals surface area contributed by atoms with Crippen molar-refractivity contribution in [1.82, 2.24) is 35.1 Å². The Labute approximate surface area is 259 Å². The van der Waals surface area contributed by atoms with E-state index in [-0.39, 0.29) is 50.7 Å². The van der Waals surface area contributed by atoms with Gasteiger partial charge in [-0.05, 0) is 56.7 Å². The Morgan fingerprint density at radius 1 is 0.978 bits per heavy atom. The van der Waals surface area contributed by atoms with E-state index in [9.17, 15) is 40.3 Å². The zero-order valence-corrected chi connectivity index (χ0v) is 24.7. The number of aryl methyl sites for hydroxylation is 1. The number of alkyl halides is 7. The first-order chi connectivity index (χ1) is 20.8. The standard InChI is InChI=1S/C26H21Cl2F7N8O2/c1-12(2)38-22(44)16-8-14(27)7-13(3)20(16)39-23(45)18-9-15(40-43(18)21-17(28)5-4-6-36-21)11-42-37-10-19(41-42)24(29,25(30,31)32)26(33,34)35/h4-10,12H,11H2,1-3H3,(H,38,44)(H,39,45). The van der Waals surface area contributed by atoms with E-state index in [1.54, 1.807) is 20.8 Å². The minimum atomic E-state index is -6.39. The molecule has 0 radical (unpaired) electrons. The third-order valence-corrected chi connectivity index (χ3v) is 6.62. The van der Waals surface area contributed by atoms with Gasteiger partial charge in [0.1, 0.15) is 17.9 Å². The molecule has 0 aliphatic carbocycles. The summed E-state index contributed by atoms with van der Waals surface area (Å²) in [5, 5.41) is 16.1. The average molecular weight is 681 g/mol. The third-order valence-electron chi connectivity index (χ3n) is 6.11. The fourth-order valence-corrected chi connectivity index (χ4v) is 4.57. The highest BCUT2D eigenvalue weighted by Gasteiger charge is 2.75. The molecule has 4 rings (SSSR count). The second kappa shape index (κ2) is 12.3. The molecule has 0 atom stereocenters. The van der Waals surface area contributed by atoms with E-state index in [0.29, 0.717) is 10.4 Å². The van der Waals surface area contributed by atoms with Crippen LogP contribution in [0.4, 0.5) is 36.4 Å². The summed E-state index contributed by atoms with van der Waals surface area (Å²) in [6.07, 6.45) is -11.5. The number of halogens is 9. The molecule has 0 saturated heterocycles. The number of carbonyl (C=O) groups is 2. The lowest BCUT2D eigenvalue weighted by Crippen LogP contribution is -2.50. The van der Waals surface area contributed by atoms with Crippen LogP contribution in [-0.2, 0) is 12.2 Å². The molecule has 0 aliphatic heterocycles. The largest absolute Gasteiger partial charge is 0.437 e. The third kappa shape index (κ3) is 6.73. The normalized spacial score (nSPS) is 12.5. The van der Waals surface area contributed by atoms with Crippen molar-refractivity contribution >= 4 is 40.7 Å². The van der Waals surface area contributed by atoms with Crippen LogP contribution in [0.3, 0.4) is 0 Å². The number of nitrogens with zero attached hydrogens (tertiary/aromatic N) is 6. The van der Waals surface area contributed by atoms with Gasteiger partial charge in [0.25, 0.3) is 11.8 Å². The van der Waals surface area contributed by atoms with Crippen LogP contribution in [0.1, 0.15) is 51.6 Å². The van der Waals surface area contributed by atoms with Gasteiger partial charge >= 0.3 is 18.0 Å². The van der Waals surface area contributed by atoms with Crippen molar-refractivity contribution in [3.05, 3.63) is 81.0 Å². The van der Waals surface area contributed by atoms with Gasteiger partial charge in [-0.15, -0.1) is 0 Å². The SMILES string of the molecule is Cc1cc(Cl)cc(C(=O)NC(C)C)c1NC(=O)c1cc(Cn2ncc(C(F)(C(F)(F)F)C(F)(F)F)n2)nn1-c1ncccc1Cl. The molecule has 3 aromatic heterocycles. The highest BCUT2D eigenvalue weighted by atomic mass is 35.5. The molecule has 0 saturated carbocycles. The number of rotatable bonds is 8. The molecule has 0 spiro atoms. The molecule has 0 fully saturated rings. The van der Waals surface area contributed by atoms with E-state index in [2.05, 4.69) is 30.9 Å². The minimum Gasteiger partial charge on any atom is -0.350 e. The van der Waals surface area contributed by atoms with Gasteiger partial charge in [-0.25, -0.2) is 14.1 Å². The molecule has 45 heavy (non-hydrogen) atoms. The van der Waals surface area contributed by atoms with E-state index in [1.807, 2.05) is 0 Å². The van der Waals surface area contributed by atoms with Crippen LogP contribution in [0.15, 0.2) is 42.7 Å². The molecule has 0 unspecified atom stereocenters. The molecule has 3 heterocycles. The Hall–Kier alpha value is -4.25. The van der Waals surface area contributed by atoms with Gasteiger partial charge < -0.3 is 10.6 Å². The smallest absolute Gasteiger partial charge is 0.350 e. The summed E-state index contributed by atoms with van der Waals surface area (Å²) in [4.78, 5) is 30.9. The first kappa shape index (κ1) is 33.6. The van der Waals surface area contributed by atoms with Gasteiger partial charge in [0, 0.05) is 17.3 Å². The van der Waals surface area contributed by atoms with Crippen molar-refractivity contribution in [3.8, 4) is 5.82 Å². The van der Waals surface area contributed by atoms with E-state index in [4.69, 9.17) is 23.2 Å². The van der Waals surface area contributed by atoms with Crippen LogP contribution in [0.5, 0.6) is 0 Å².